The normalized spacial score (nSPS) is 11.0. The first-order valence-corrected chi connectivity index (χ1v) is 6.10. The highest BCUT2D eigenvalue weighted by molar-refractivity contribution is 7.12. The van der Waals surface area contributed by atoms with Crippen molar-refractivity contribution in [2.45, 2.75) is 39.7 Å². The van der Waals surface area contributed by atoms with Gasteiger partial charge in [-0.2, -0.15) is 0 Å². The number of carbonyl (C=O) groups is 1. The Labute approximate surface area is 108 Å². The van der Waals surface area contributed by atoms with Gasteiger partial charge in [0.25, 0.3) is 0 Å². The topological polar surface area (TPSA) is 29.1 Å². The molecule has 0 amide bonds. The number of rotatable bonds is 4. The predicted octanol–water partition coefficient (Wildman–Crippen LogP) is 3.44. The third-order valence-electron chi connectivity index (χ3n) is 2.01. The van der Waals surface area contributed by atoms with Crippen molar-refractivity contribution >= 4 is 29.5 Å². The van der Waals surface area contributed by atoms with Gasteiger partial charge in [-0.1, -0.05) is 0 Å². The van der Waals surface area contributed by atoms with Crippen LogP contribution in [0.5, 0.6) is 0 Å². The standard InChI is InChI=1S/C12H19NOS.ClH/c1-9-7-11(15-8-9)10(14)5-6-13-12(2,3)4;/h7-8,13H,5-6H2,1-4H3;1H. The summed E-state index contributed by atoms with van der Waals surface area (Å²) in [5.74, 6) is 0.241. The molecule has 1 rings (SSSR count). The van der Waals surface area contributed by atoms with Gasteiger partial charge in [-0.25, -0.2) is 0 Å². The average molecular weight is 262 g/mol. The highest BCUT2D eigenvalue weighted by atomic mass is 35.5. The molecular weight excluding hydrogens is 242 g/mol. The fourth-order valence-corrected chi connectivity index (χ4v) is 2.12. The molecule has 0 aliphatic rings. The molecule has 16 heavy (non-hydrogen) atoms. The van der Waals surface area contributed by atoms with Crippen LogP contribution in [0, 0.1) is 6.92 Å². The molecule has 0 aliphatic carbocycles. The number of ketones is 1. The smallest absolute Gasteiger partial charge is 0.174 e. The fourth-order valence-electron chi connectivity index (χ4n) is 1.25. The number of nitrogens with one attached hydrogen (secondary N) is 1. The quantitative estimate of drug-likeness (QED) is 0.842. The molecule has 0 aliphatic heterocycles. The lowest BCUT2D eigenvalue weighted by Crippen LogP contribution is -2.37. The van der Waals surface area contributed by atoms with Crippen molar-refractivity contribution in [2.24, 2.45) is 0 Å². The summed E-state index contributed by atoms with van der Waals surface area (Å²) in [5.41, 5.74) is 1.26. The minimum atomic E-state index is 0. The van der Waals surface area contributed by atoms with Gasteiger partial charge in [-0.3, -0.25) is 4.79 Å². The SMILES string of the molecule is Cc1csc(C(=O)CCNC(C)(C)C)c1.Cl. The fraction of sp³-hybridized carbons (Fsp3) is 0.583. The Bertz CT molecular complexity index is 341. The van der Waals surface area contributed by atoms with Crippen molar-refractivity contribution in [3.8, 4) is 0 Å². The predicted molar refractivity (Wildman–Crippen MR) is 73.0 cm³/mol. The molecule has 0 saturated heterocycles. The van der Waals surface area contributed by atoms with E-state index in [2.05, 4.69) is 26.1 Å². The zero-order chi connectivity index (χ0) is 11.5. The first-order chi connectivity index (χ1) is 6.88. The number of Topliss-reactive ketones (excluding diaryl/α,β-unsaturated/α-hetero) is 1. The van der Waals surface area contributed by atoms with E-state index in [-0.39, 0.29) is 23.7 Å². The molecule has 0 unspecified atom stereocenters. The first kappa shape index (κ1) is 15.6. The molecule has 0 atom stereocenters. The lowest BCUT2D eigenvalue weighted by molar-refractivity contribution is 0.0984. The lowest BCUT2D eigenvalue weighted by Gasteiger charge is -2.19. The molecule has 0 radical (unpaired) electrons. The van der Waals surface area contributed by atoms with E-state index >= 15 is 0 Å². The number of hydrogen-bond acceptors (Lipinski definition) is 3. The van der Waals surface area contributed by atoms with Crippen LogP contribution in [0.3, 0.4) is 0 Å². The monoisotopic (exact) mass is 261 g/mol. The molecule has 0 spiro atoms. The summed E-state index contributed by atoms with van der Waals surface area (Å²) in [7, 11) is 0. The summed E-state index contributed by atoms with van der Waals surface area (Å²) >= 11 is 1.54. The van der Waals surface area contributed by atoms with Gasteiger partial charge in [0.15, 0.2) is 5.78 Å². The second-order valence-electron chi connectivity index (χ2n) is 4.84. The maximum Gasteiger partial charge on any atom is 0.174 e. The van der Waals surface area contributed by atoms with Crippen LogP contribution in [0.4, 0.5) is 0 Å². The van der Waals surface area contributed by atoms with E-state index in [1.165, 1.54) is 16.9 Å². The van der Waals surface area contributed by atoms with E-state index in [4.69, 9.17) is 0 Å². The molecule has 2 nitrogen and oxygen atoms in total. The van der Waals surface area contributed by atoms with Crippen molar-refractivity contribution in [3.05, 3.63) is 21.9 Å². The second kappa shape index (κ2) is 6.38. The van der Waals surface area contributed by atoms with E-state index in [0.717, 1.165) is 11.4 Å². The highest BCUT2D eigenvalue weighted by Gasteiger charge is 2.11. The summed E-state index contributed by atoms with van der Waals surface area (Å²) in [5, 5.41) is 5.33. The molecule has 1 aromatic heterocycles. The zero-order valence-corrected chi connectivity index (χ0v) is 11.9. The van der Waals surface area contributed by atoms with Gasteiger partial charge >= 0.3 is 0 Å². The van der Waals surface area contributed by atoms with Gasteiger partial charge in [0.05, 0.1) is 4.88 Å². The number of halogens is 1. The minimum Gasteiger partial charge on any atom is -0.312 e. The third kappa shape index (κ3) is 5.64. The number of aryl methyl sites for hydroxylation is 1. The van der Waals surface area contributed by atoms with E-state index in [9.17, 15) is 4.79 Å². The van der Waals surface area contributed by atoms with Gasteiger partial charge in [-0.05, 0) is 44.7 Å². The molecular formula is C12H20ClNOS. The summed E-state index contributed by atoms with van der Waals surface area (Å²) in [6, 6.07) is 1.96. The van der Waals surface area contributed by atoms with Crippen molar-refractivity contribution in [1.82, 2.24) is 5.32 Å². The first-order valence-electron chi connectivity index (χ1n) is 5.22. The Hall–Kier alpha value is -0.380. The van der Waals surface area contributed by atoms with Gasteiger partial charge in [0, 0.05) is 18.5 Å². The van der Waals surface area contributed by atoms with Crippen molar-refractivity contribution in [2.75, 3.05) is 6.54 Å². The summed E-state index contributed by atoms with van der Waals surface area (Å²) in [4.78, 5) is 12.6. The Morgan fingerprint density at radius 3 is 2.50 bits per heavy atom. The van der Waals surface area contributed by atoms with E-state index in [1.807, 2.05) is 18.4 Å². The van der Waals surface area contributed by atoms with Gasteiger partial charge in [-0.15, -0.1) is 23.7 Å². The number of thiophene rings is 1. The van der Waals surface area contributed by atoms with Crippen LogP contribution in [-0.4, -0.2) is 17.9 Å². The van der Waals surface area contributed by atoms with Gasteiger partial charge < -0.3 is 5.32 Å². The molecule has 0 bridgehead atoms. The molecule has 0 fully saturated rings. The van der Waals surface area contributed by atoms with Crippen molar-refractivity contribution in [3.63, 3.8) is 0 Å². The molecule has 0 aromatic carbocycles. The van der Waals surface area contributed by atoms with E-state index in [0.29, 0.717) is 6.42 Å². The Morgan fingerprint density at radius 2 is 2.06 bits per heavy atom. The largest absolute Gasteiger partial charge is 0.312 e. The number of carbonyl (C=O) groups excluding carboxylic acids is 1. The van der Waals surface area contributed by atoms with Gasteiger partial charge in [0.2, 0.25) is 0 Å². The van der Waals surface area contributed by atoms with Crippen LogP contribution >= 0.6 is 23.7 Å². The van der Waals surface area contributed by atoms with Gasteiger partial charge in [0.1, 0.15) is 0 Å². The zero-order valence-electron chi connectivity index (χ0n) is 10.3. The van der Waals surface area contributed by atoms with Crippen LogP contribution < -0.4 is 5.32 Å². The van der Waals surface area contributed by atoms with Crippen LogP contribution in [0.25, 0.3) is 0 Å². The summed E-state index contributed by atoms with van der Waals surface area (Å²) in [6.45, 7) is 9.08. The Morgan fingerprint density at radius 1 is 1.44 bits per heavy atom. The third-order valence-corrected chi connectivity index (χ3v) is 3.10. The number of hydrogen-bond donors (Lipinski definition) is 1. The average Bonchev–Trinajstić information content (AvgIpc) is 2.49. The van der Waals surface area contributed by atoms with Crippen LogP contribution in [0.2, 0.25) is 0 Å². The lowest BCUT2D eigenvalue weighted by atomic mass is 10.1. The summed E-state index contributed by atoms with van der Waals surface area (Å²) in [6.07, 6.45) is 0.581. The van der Waals surface area contributed by atoms with Crippen LogP contribution in [0.1, 0.15) is 42.4 Å². The molecule has 1 heterocycles. The van der Waals surface area contributed by atoms with Crippen molar-refractivity contribution in [1.29, 1.82) is 0 Å². The van der Waals surface area contributed by atoms with E-state index < -0.39 is 0 Å². The van der Waals surface area contributed by atoms with E-state index in [1.54, 1.807) is 0 Å². The van der Waals surface area contributed by atoms with Crippen LogP contribution in [0.15, 0.2) is 11.4 Å². The minimum absolute atomic E-state index is 0. The molecule has 92 valence electrons. The molecule has 0 saturated carbocycles. The second-order valence-corrected chi connectivity index (χ2v) is 5.75. The highest BCUT2D eigenvalue weighted by Crippen LogP contribution is 2.15. The van der Waals surface area contributed by atoms with Crippen molar-refractivity contribution < 1.29 is 4.79 Å². The Kier molecular flexibility index (Phi) is 6.23. The molecule has 4 heteroatoms. The maximum absolute atomic E-state index is 11.7. The molecule has 1 N–H and O–H groups in total. The summed E-state index contributed by atoms with van der Waals surface area (Å²) < 4.78 is 0. The maximum atomic E-state index is 11.7. The Balaban J connectivity index is 0.00000225. The van der Waals surface area contributed by atoms with Crippen LogP contribution in [-0.2, 0) is 0 Å². The molecule has 1 aromatic rings.